The van der Waals surface area contributed by atoms with Crippen LogP contribution >= 0.6 is 0 Å². The molecule has 1 rings (SSSR count). The SMILES string of the molecule is COC(=O)Cc1cc(C(F)(F)F)c(O)c(OC(F)(F)F)n1. The predicted molar refractivity (Wildman–Crippen MR) is 53.3 cm³/mol. The second kappa shape index (κ2) is 5.66. The van der Waals surface area contributed by atoms with Crippen molar-refractivity contribution in [3.8, 4) is 11.6 Å². The summed E-state index contributed by atoms with van der Waals surface area (Å²) >= 11 is 0. The van der Waals surface area contributed by atoms with Crippen LogP contribution in [0, 0.1) is 0 Å². The van der Waals surface area contributed by atoms with Gasteiger partial charge in [0.2, 0.25) is 0 Å². The Bertz CT molecular complexity index is 540. The van der Waals surface area contributed by atoms with Crippen LogP contribution in [0.15, 0.2) is 6.07 Å². The van der Waals surface area contributed by atoms with Crippen molar-refractivity contribution >= 4 is 5.97 Å². The molecular formula is C10H7F6NO4. The van der Waals surface area contributed by atoms with Gasteiger partial charge in [0.25, 0.3) is 5.88 Å². The van der Waals surface area contributed by atoms with Crippen molar-refractivity contribution in [2.45, 2.75) is 19.0 Å². The Morgan fingerprint density at radius 2 is 1.86 bits per heavy atom. The summed E-state index contributed by atoms with van der Waals surface area (Å²) in [7, 11) is 0.931. The van der Waals surface area contributed by atoms with Crippen LogP contribution < -0.4 is 4.74 Å². The van der Waals surface area contributed by atoms with E-state index in [1.54, 1.807) is 0 Å². The highest BCUT2D eigenvalue weighted by molar-refractivity contribution is 5.72. The first kappa shape index (κ1) is 16.9. The average Bonchev–Trinajstić information content (AvgIpc) is 2.29. The van der Waals surface area contributed by atoms with Crippen LogP contribution in [-0.4, -0.2) is 29.5 Å². The molecule has 1 heterocycles. The maximum absolute atomic E-state index is 12.6. The lowest BCUT2D eigenvalue weighted by Gasteiger charge is -2.15. The van der Waals surface area contributed by atoms with Gasteiger partial charge in [0, 0.05) is 0 Å². The third-order valence-electron chi connectivity index (χ3n) is 2.08. The lowest BCUT2D eigenvalue weighted by molar-refractivity contribution is -0.276. The van der Waals surface area contributed by atoms with Gasteiger partial charge in [-0.3, -0.25) is 4.79 Å². The summed E-state index contributed by atoms with van der Waals surface area (Å²) in [5.41, 5.74) is -2.51. The first-order chi connectivity index (χ1) is 9.44. The predicted octanol–water partition coefficient (Wildman–Crippen LogP) is 2.42. The van der Waals surface area contributed by atoms with Gasteiger partial charge in [0.15, 0.2) is 5.75 Å². The summed E-state index contributed by atoms with van der Waals surface area (Å²) < 4.78 is 81.4. The van der Waals surface area contributed by atoms with Gasteiger partial charge in [0.05, 0.1) is 19.2 Å². The van der Waals surface area contributed by atoms with Crippen molar-refractivity contribution in [2.24, 2.45) is 0 Å². The number of rotatable bonds is 3. The highest BCUT2D eigenvalue weighted by Crippen LogP contribution is 2.41. The number of carbonyl (C=O) groups excluding carboxylic acids is 1. The minimum absolute atomic E-state index is 0.232. The molecule has 118 valence electrons. The van der Waals surface area contributed by atoms with Crippen LogP contribution in [0.4, 0.5) is 26.3 Å². The molecule has 0 bridgehead atoms. The second-order valence-corrected chi connectivity index (χ2v) is 3.61. The summed E-state index contributed by atoms with van der Waals surface area (Å²) in [6, 6.07) is 0.232. The molecule has 11 heteroatoms. The number of nitrogens with zero attached hydrogens (tertiary/aromatic N) is 1. The van der Waals surface area contributed by atoms with Gasteiger partial charge < -0.3 is 14.6 Å². The Hall–Kier alpha value is -2.20. The largest absolute Gasteiger partial charge is 0.574 e. The molecule has 0 atom stereocenters. The van der Waals surface area contributed by atoms with E-state index in [1.807, 2.05) is 0 Å². The number of pyridine rings is 1. The fourth-order valence-corrected chi connectivity index (χ4v) is 1.27. The summed E-state index contributed by atoms with van der Waals surface area (Å²) in [5, 5.41) is 9.18. The van der Waals surface area contributed by atoms with E-state index in [1.165, 1.54) is 0 Å². The molecule has 0 spiro atoms. The van der Waals surface area contributed by atoms with Crippen molar-refractivity contribution in [1.82, 2.24) is 4.98 Å². The number of halogens is 6. The molecule has 0 aliphatic rings. The number of alkyl halides is 6. The van der Waals surface area contributed by atoms with Gasteiger partial charge in [-0.15, -0.1) is 13.2 Å². The molecule has 0 fully saturated rings. The monoisotopic (exact) mass is 319 g/mol. The van der Waals surface area contributed by atoms with E-state index in [0.717, 1.165) is 7.11 Å². The van der Waals surface area contributed by atoms with Crippen molar-refractivity contribution in [3.63, 3.8) is 0 Å². The Kier molecular flexibility index (Phi) is 4.54. The summed E-state index contributed by atoms with van der Waals surface area (Å²) in [6.45, 7) is 0. The number of hydrogen-bond donors (Lipinski definition) is 1. The molecule has 0 saturated heterocycles. The number of aromatic nitrogens is 1. The number of esters is 1. The third kappa shape index (κ3) is 4.68. The Balaban J connectivity index is 3.35. The highest BCUT2D eigenvalue weighted by atomic mass is 19.4. The molecular weight excluding hydrogens is 312 g/mol. The maximum Gasteiger partial charge on any atom is 0.574 e. The molecule has 0 radical (unpaired) electrons. The van der Waals surface area contributed by atoms with E-state index in [2.05, 4.69) is 14.5 Å². The molecule has 1 aromatic heterocycles. The quantitative estimate of drug-likeness (QED) is 0.684. The molecule has 0 aliphatic carbocycles. The van der Waals surface area contributed by atoms with Gasteiger partial charge in [-0.2, -0.15) is 13.2 Å². The standard InChI is InChI=1S/C10H7F6NO4/c1-20-6(18)3-4-2-5(9(11,12)13)7(19)8(17-4)21-10(14,15)16/h2,19H,3H2,1H3. The summed E-state index contributed by atoms with van der Waals surface area (Å²) in [4.78, 5) is 14.0. The number of carbonyl (C=O) groups is 1. The zero-order valence-electron chi connectivity index (χ0n) is 10.2. The highest BCUT2D eigenvalue weighted by Gasteiger charge is 2.40. The van der Waals surface area contributed by atoms with Gasteiger partial charge in [-0.1, -0.05) is 0 Å². The van der Waals surface area contributed by atoms with Crippen LogP contribution in [0.2, 0.25) is 0 Å². The Labute approximate surface area is 113 Å². The third-order valence-corrected chi connectivity index (χ3v) is 2.08. The van der Waals surface area contributed by atoms with E-state index in [-0.39, 0.29) is 6.07 Å². The van der Waals surface area contributed by atoms with Crippen molar-refractivity contribution < 1.29 is 45.7 Å². The molecule has 0 unspecified atom stereocenters. The minimum atomic E-state index is -5.36. The van der Waals surface area contributed by atoms with Crippen LogP contribution in [0.5, 0.6) is 11.6 Å². The van der Waals surface area contributed by atoms with Crippen LogP contribution in [0.1, 0.15) is 11.3 Å². The fourth-order valence-electron chi connectivity index (χ4n) is 1.27. The molecule has 5 nitrogen and oxygen atoms in total. The number of aromatic hydroxyl groups is 1. The zero-order valence-corrected chi connectivity index (χ0v) is 10.2. The van der Waals surface area contributed by atoms with Crippen LogP contribution in [-0.2, 0) is 22.1 Å². The van der Waals surface area contributed by atoms with E-state index < -0.39 is 47.8 Å². The van der Waals surface area contributed by atoms with Gasteiger partial charge in [-0.25, -0.2) is 4.98 Å². The van der Waals surface area contributed by atoms with E-state index in [0.29, 0.717) is 0 Å². The van der Waals surface area contributed by atoms with Gasteiger partial charge in [0.1, 0.15) is 5.56 Å². The molecule has 1 aromatic rings. The number of methoxy groups -OCH3 is 1. The average molecular weight is 319 g/mol. The zero-order chi connectivity index (χ0) is 16.4. The van der Waals surface area contributed by atoms with Crippen molar-refractivity contribution in [2.75, 3.05) is 7.11 Å². The number of hydrogen-bond acceptors (Lipinski definition) is 5. The second-order valence-electron chi connectivity index (χ2n) is 3.61. The summed E-state index contributed by atoms with van der Waals surface area (Å²) in [6.07, 6.45) is -11.4. The Morgan fingerprint density at radius 1 is 1.29 bits per heavy atom. The lowest BCUT2D eigenvalue weighted by atomic mass is 10.1. The fraction of sp³-hybridized carbons (Fsp3) is 0.400. The molecule has 0 saturated carbocycles. The first-order valence-electron chi connectivity index (χ1n) is 5.06. The summed E-state index contributed by atoms with van der Waals surface area (Å²) in [5.74, 6) is -4.55. The van der Waals surface area contributed by atoms with Gasteiger partial charge >= 0.3 is 18.5 Å². The van der Waals surface area contributed by atoms with E-state index >= 15 is 0 Å². The van der Waals surface area contributed by atoms with Gasteiger partial charge in [-0.05, 0) is 6.07 Å². The molecule has 0 amide bonds. The smallest absolute Gasteiger partial charge is 0.503 e. The molecule has 0 aromatic carbocycles. The van der Waals surface area contributed by atoms with Crippen LogP contribution in [0.3, 0.4) is 0 Å². The number of ether oxygens (including phenoxy) is 2. The Morgan fingerprint density at radius 3 is 2.29 bits per heavy atom. The normalized spacial score (nSPS) is 12.1. The van der Waals surface area contributed by atoms with Crippen LogP contribution in [0.25, 0.3) is 0 Å². The molecule has 21 heavy (non-hydrogen) atoms. The topological polar surface area (TPSA) is 68.7 Å². The molecule has 1 N–H and O–H groups in total. The lowest BCUT2D eigenvalue weighted by Crippen LogP contribution is -2.20. The first-order valence-corrected chi connectivity index (χ1v) is 5.06. The van der Waals surface area contributed by atoms with E-state index in [4.69, 9.17) is 0 Å². The maximum atomic E-state index is 12.6. The minimum Gasteiger partial charge on any atom is -0.503 e. The molecule has 0 aliphatic heterocycles. The van der Waals surface area contributed by atoms with Crippen molar-refractivity contribution in [1.29, 1.82) is 0 Å². The van der Waals surface area contributed by atoms with Crippen molar-refractivity contribution in [3.05, 3.63) is 17.3 Å². The van der Waals surface area contributed by atoms with E-state index in [9.17, 15) is 36.2 Å².